The van der Waals surface area contributed by atoms with Gasteiger partial charge in [0.25, 0.3) is 11.8 Å². The number of ether oxygens (including phenoxy) is 5. The van der Waals surface area contributed by atoms with Crippen LogP contribution in [0.25, 0.3) is 27.7 Å². The molecule has 0 saturated carbocycles. The van der Waals surface area contributed by atoms with Crippen LogP contribution in [0.5, 0.6) is 11.5 Å². The monoisotopic (exact) mass is 881 g/mol. The molecule has 330 valence electrons. The number of ketones is 1. The van der Waals surface area contributed by atoms with Crippen LogP contribution in [0.1, 0.15) is 70.4 Å². The summed E-state index contributed by atoms with van der Waals surface area (Å²) in [4.78, 5) is 76.0. The quantitative estimate of drug-likeness (QED) is 0.0392. The number of hydrogen-bond acceptors (Lipinski definition) is 13. The molecule has 0 aliphatic carbocycles. The number of allylic oxidation sites excluding steroid dienone is 4. The zero-order valence-corrected chi connectivity index (χ0v) is 36.0. The molecule has 15 nitrogen and oxygen atoms in total. The van der Waals surface area contributed by atoms with Gasteiger partial charge in [-0.1, -0.05) is 36.4 Å². The van der Waals surface area contributed by atoms with E-state index < -0.39 is 29.7 Å². The van der Waals surface area contributed by atoms with Crippen molar-refractivity contribution in [2.75, 3.05) is 59.4 Å². The molecule has 16 heteroatoms. The zero-order chi connectivity index (χ0) is 45.0. The van der Waals surface area contributed by atoms with Crippen molar-refractivity contribution >= 4 is 57.6 Å². The molecule has 6 rings (SSSR count). The van der Waals surface area contributed by atoms with Crippen molar-refractivity contribution in [1.29, 1.82) is 0 Å². The molecule has 63 heavy (non-hydrogen) atoms. The maximum absolute atomic E-state index is 13.4. The lowest BCUT2D eigenvalue weighted by Gasteiger charge is -2.27. The summed E-state index contributed by atoms with van der Waals surface area (Å²) >= 11 is 6.71. The van der Waals surface area contributed by atoms with Gasteiger partial charge in [-0.3, -0.25) is 39.0 Å². The second-order valence-corrected chi connectivity index (χ2v) is 14.8. The molecule has 4 aromatic rings. The maximum Gasteiger partial charge on any atom is 0.262 e. The number of amides is 4. The smallest absolute Gasteiger partial charge is 0.262 e. The van der Waals surface area contributed by atoms with Crippen LogP contribution < -0.4 is 25.5 Å². The Morgan fingerprint density at radius 3 is 2.29 bits per heavy atom. The van der Waals surface area contributed by atoms with Crippen molar-refractivity contribution in [3.05, 3.63) is 123 Å². The number of benzene rings is 3. The highest BCUT2D eigenvalue weighted by molar-refractivity contribution is 6.34. The standard InChI is InChI=1S/C47H48ClN3O12/c1-5-32(23-38(48)28(3)41-26-40(53)37-25-35(42(61-6-2)27-43(37)63-41)31-9-7-8-30(22-31)29(4)52)49-14-15-58-16-17-59-18-19-60-20-21-62-33-10-11-34-36(24-33)47(57)51(46(34)56)39-12-13-44(54)50-45(39)55/h5,7-11,22-27,39,49H,1,6,12-21H2,2-4H3,(H,50,54,55)/b32-23+,38-28-. The molecular weight excluding hydrogens is 834 g/mol. The molecule has 3 heterocycles. The molecule has 1 fully saturated rings. The van der Waals surface area contributed by atoms with Crippen LogP contribution >= 0.6 is 11.6 Å². The molecule has 1 unspecified atom stereocenters. The van der Waals surface area contributed by atoms with Crippen molar-refractivity contribution in [2.24, 2.45) is 0 Å². The Bertz CT molecular complexity index is 2540. The van der Waals surface area contributed by atoms with Gasteiger partial charge in [0.15, 0.2) is 11.2 Å². The molecule has 2 aliphatic rings. The number of hydrogen-bond donors (Lipinski definition) is 2. The van der Waals surface area contributed by atoms with Gasteiger partial charge in [-0.05, 0) is 75.2 Å². The number of piperidine rings is 1. The molecule has 0 bridgehead atoms. The topological polar surface area (TPSA) is 189 Å². The van der Waals surface area contributed by atoms with Gasteiger partial charge in [0.1, 0.15) is 35.5 Å². The fraction of sp³-hybridized carbons (Fsp3) is 0.319. The summed E-state index contributed by atoms with van der Waals surface area (Å²) in [6.45, 7) is 12.0. The van der Waals surface area contributed by atoms with Crippen molar-refractivity contribution in [1.82, 2.24) is 15.5 Å². The molecule has 1 saturated heterocycles. The summed E-state index contributed by atoms with van der Waals surface area (Å²) < 4.78 is 34.6. The molecular formula is C47H48ClN3O12. The average Bonchev–Trinajstić information content (AvgIpc) is 3.51. The molecule has 2 aliphatic heterocycles. The minimum absolute atomic E-state index is 0.0460. The predicted octanol–water partition coefficient (Wildman–Crippen LogP) is 6.22. The number of nitrogens with one attached hydrogen (secondary N) is 2. The van der Waals surface area contributed by atoms with E-state index in [2.05, 4.69) is 17.2 Å². The highest BCUT2D eigenvalue weighted by Gasteiger charge is 2.44. The lowest BCUT2D eigenvalue weighted by Crippen LogP contribution is -2.54. The summed E-state index contributed by atoms with van der Waals surface area (Å²) in [6, 6.07) is 15.5. The summed E-state index contributed by atoms with van der Waals surface area (Å²) in [5, 5.41) is 6.09. The number of halogens is 1. The van der Waals surface area contributed by atoms with Gasteiger partial charge in [0, 0.05) is 52.5 Å². The van der Waals surface area contributed by atoms with E-state index in [-0.39, 0.29) is 48.4 Å². The summed E-state index contributed by atoms with van der Waals surface area (Å²) in [5.41, 5.74) is 3.52. The third kappa shape index (κ3) is 11.4. The SMILES string of the molecule is C=C/C(=C\C(Cl)=C(/C)c1cc(=O)c2cc(-c3cccc(C(C)=O)c3)c(OCC)cc2o1)NCCOCCOCCOCCOc1ccc2c(c1)C(=O)N(C1CCC(=O)NC1=O)C2=O. The second-order valence-electron chi connectivity index (χ2n) is 14.4. The van der Waals surface area contributed by atoms with Gasteiger partial charge < -0.3 is 33.4 Å². The Kier molecular flexibility index (Phi) is 15.8. The Morgan fingerprint density at radius 2 is 1.59 bits per heavy atom. The average molecular weight is 882 g/mol. The summed E-state index contributed by atoms with van der Waals surface area (Å²) in [5.74, 6) is -1.17. The minimum Gasteiger partial charge on any atom is -0.493 e. The first-order valence-electron chi connectivity index (χ1n) is 20.4. The molecule has 0 spiro atoms. The largest absolute Gasteiger partial charge is 0.493 e. The number of carbonyl (C=O) groups excluding carboxylic acids is 5. The highest BCUT2D eigenvalue weighted by atomic mass is 35.5. The Balaban J connectivity index is 0.890. The molecule has 1 aromatic heterocycles. The first kappa shape index (κ1) is 46.1. The molecule has 1 atom stereocenters. The van der Waals surface area contributed by atoms with Crippen LogP contribution in [0.15, 0.2) is 99.3 Å². The molecule has 2 N–H and O–H groups in total. The van der Waals surface area contributed by atoms with E-state index in [0.29, 0.717) is 102 Å². The first-order chi connectivity index (χ1) is 30.4. The first-order valence-corrected chi connectivity index (χ1v) is 20.8. The summed E-state index contributed by atoms with van der Waals surface area (Å²) in [7, 11) is 0. The van der Waals surface area contributed by atoms with E-state index in [1.54, 1.807) is 55.5 Å². The zero-order valence-electron chi connectivity index (χ0n) is 35.2. The Hall–Kier alpha value is -6.39. The van der Waals surface area contributed by atoms with Gasteiger partial charge in [0.2, 0.25) is 11.8 Å². The number of fused-ring (bicyclic) bond motifs is 2. The van der Waals surface area contributed by atoms with Gasteiger partial charge in [-0.2, -0.15) is 0 Å². The third-order valence-corrected chi connectivity index (χ3v) is 10.6. The number of carbonyl (C=O) groups is 5. The van der Waals surface area contributed by atoms with Crippen LogP contribution in [0.4, 0.5) is 0 Å². The van der Waals surface area contributed by atoms with Gasteiger partial charge in [-0.15, -0.1) is 0 Å². The van der Waals surface area contributed by atoms with Crippen LogP contribution in [0.2, 0.25) is 0 Å². The van der Waals surface area contributed by atoms with Gasteiger partial charge in [0.05, 0.1) is 62.8 Å². The summed E-state index contributed by atoms with van der Waals surface area (Å²) in [6.07, 6.45) is 3.43. The fourth-order valence-corrected chi connectivity index (χ4v) is 7.10. The third-order valence-electron chi connectivity index (χ3n) is 10.2. The van der Waals surface area contributed by atoms with E-state index in [1.807, 2.05) is 13.0 Å². The van der Waals surface area contributed by atoms with Crippen LogP contribution in [-0.2, 0) is 23.8 Å². The lowest BCUT2D eigenvalue weighted by molar-refractivity contribution is -0.136. The van der Waals surface area contributed by atoms with Gasteiger partial charge >= 0.3 is 0 Å². The van der Waals surface area contributed by atoms with E-state index in [1.165, 1.54) is 25.1 Å². The fourth-order valence-electron chi connectivity index (χ4n) is 6.89. The van der Waals surface area contributed by atoms with Crippen molar-refractivity contribution in [2.45, 2.75) is 39.7 Å². The van der Waals surface area contributed by atoms with Crippen LogP contribution in [-0.4, -0.2) is 99.8 Å². The number of imide groups is 2. The van der Waals surface area contributed by atoms with Gasteiger partial charge in [-0.25, -0.2) is 0 Å². The predicted molar refractivity (Wildman–Crippen MR) is 235 cm³/mol. The molecule has 4 amide bonds. The maximum atomic E-state index is 13.4. The lowest BCUT2D eigenvalue weighted by atomic mass is 9.99. The highest BCUT2D eigenvalue weighted by Crippen LogP contribution is 2.36. The van der Waals surface area contributed by atoms with E-state index in [4.69, 9.17) is 39.7 Å². The van der Waals surface area contributed by atoms with Crippen LogP contribution in [0.3, 0.4) is 0 Å². The normalized spacial score (nSPS) is 15.6. The van der Waals surface area contributed by atoms with E-state index in [0.717, 1.165) is 10.5 Å². The van der Waals surface area contributed by atoms with E-state index in [9.17, 15) is 28.8 Å². The molecule has 3 aromatic carbocycles. The van der Waals surface area contributed by atoms with E-state index >= 15 is 0 Å². The Labute approximate surface area is 368 Å². The number of rotatable bonds is 22. The minimum atomic E-state index is -1.03. The Morgan fingerprint density at radius 1 is 0.873 bits per heavy atom. The molecule has 0 radical (unpaired) electrons. The number of nitrogens with zero attached hydrogens (tertiary/aromatic N) is 1. The van der Waals surface area contributed by atoms with Crippen molar-refractivity contribution in [3.8, 4) is 22.6 Å². The van der Waals surface area contributed by atoms with Crippen molar-refractivity contribution < 1.29 is 52.1 Å². The second kappa shape index (κ2) is 21.6. The number of Topliss-reactive ketones (excluding diaryl/α,β-unsaturated/α-hetero) is 1. The van der Waals surface area contributed by atoms with Crippen LogP contribution in [0, 0.1) is 0 Å². The van der Waals surface area contributed by atoms with Crippen molar-refractivity contribution in [3.63, 3.8) is 0 Å².